The second-order valence-corrected chi connectivity index (χ2v) is 6.50. The van der Waals surface area contributed by atoms with Crippen LogP contribution in [0.3, 0.4) is 0 Å². The van der Waals surface area contributed by atoms with E-state index in [1.807, 2.05) is 38.1 Å². The first-order valence-electron chi connectivity index (χ1n) is 9.33. The zero-order valence-electron chi connectivity index (χ0n) is 16.7. The van der Waals surface area contributed by atoms with Crippen molar-refractivity contribution in [1.29, 1.82) is 0 Å². The van der Waals surface area contributed by atoms with Crippen LogP contribution in [0.2, 0.25) is 0 Å². The lowest BCUT2D eigenvalue weighted by atomic mass is 10.1. The van der Waals surface area contributed by atoms with Crippen molar-refractivity contribution in [1.82, 2.24) is 4.98 Å². The van der Waals surface area contributed by atoms with Gasteiger partial charge in [0.25, 0.3) is 11.8 Å². The van der Waals surface area contributed by atoms with E-state index in [4.69, 9.17) is 4.74 Å². The van der Waals surface area contributed by atoms with Gasteiger partial charge in [0.2, 0.25) is 0 Å². The van der Waals surface area contributed by atoms with Gasteiger partial charge in [-0.15, -0.1) is 0 Å². The van der Waals surface area contributed by atoms with Crippen molar-refractivity contribution in [2.75, 3.05) is 17.7 Å². The molecule has 0 atom stereocenters. The lowest BCUT2D eigenvalue weighted by Gasteiger charge is -2.13. The van der Waals surface area contributed by atoms with Gasteiger partial charge in [0.15, 0.2) is 0 Å². The van der Waals surface area contributed by atoms with E-state index >= 15 is 0 Å². The summed E-state index contributed by atoms with van der Waals surface area (Å²) in [7, 11) is 1.53. The number of methoxy groups -OCH3 is 1. The van der Waals surface area contributed by atoms with Crippen LogP contribution >= 0.6 is 0 Å². The minimum absolute atomic E-state index is 0.143. The van der Waals surface area contributed by atoms with E-state index in [0.29, 0.717) is 17.0 Å². The molecule has 0 aliphatic carbocycles. The molecule has 2 amide bonds. The molecule has 1 aromatic heterocycles. The highest BCUT2D eigenvalue weighted by Crippen LogP contribution is 2.24. The van der Waals surface area contributed by atoms with E-state index in [1.165, 1.54) is 19.4 Å². The van der Waals surface area contributed by atoms with E-state index in [9.17, 15) is 9.59 Å². The van der Waals surface area contributed by atoms with Gasteiger partial charge in [0.1, 0.15) is 11.4 Å². The van der Waals surface area contributed by atoms with Crippen molar-refractivity contribution in [3.05, 3.63) is 83.2 Å². The summed E-state index contributed by atoms with van der Waals surface area (Å²) < 4.78 is 5.24. The van der Waals surface area contributed by atoms with E-state index in [2.05, 4.69) is 15.6 Å². The Balaban J connectivity index is 1.80. The number of aromatic nitrogens is 1. The molecule has 0 spiro atoms. The number of nitrogens with zero attached hydrogens (tertiary/aromatic N) is 1. The van der Waals surface area contributed by atoms with Crippen molar-refractivity contribution in [2.24, 2.45) is 0 Å². The van der Waals surface area contributed by atoms with E-state index < -0.39 is 5.91 Å². The van der Waals surface area contributed by atoms with E-state index in [0.717, 1.165) is 23.2 Å². The summed E-state index contributed by atoms with van der Waals surface area (Å²) >= 11 is 0. The fourth-order valence-corrected chi connectivity index (χ4v) is 3.02. The molecule has 1 heterocycles. The Morgan fingerprint density at radius 3 is 2.55 bits per heavy atom. The van der Waals surface area contributed by atoms with Crippen LogP contribution in [0.25, 0.3) is 0 Å². The molecule has 6 nitrogen and oxygen atoms in total. The number of pyridine rings is 1. The summed E-state index contributed by atoms with van der Waals surface area (Å²) in [6.45, 7) is 3.99. The topological polar surface area (TPSA) is 80.3 Å². The molecule has 3 aromatic rings. The Morgan fingerprint density at radius 1 is 1.00 bits per heavy atom. The first-order valence-corrected chi connectivity index (χ1v) is 9.33. The number of ether oxygens (including phenoxy) is 1. The number of anilines is 2. The number of hydrogen-bond donors (Lipinski definition) is 2. The minimum atomic E-state index is -0.422. The summed E-state index contributed by atoms with van der Waals surface area (Å²) in [4.78, 5) is 29.5. The average molecular weight is 389 g/mol. The quantitative estimate of drug-likeness (QED) is 0.652. The largest absolute Gasteiger partial charge is 0.495 e. The van der Waals surface area contributed by atoms with E-state index in [1.54, 1.807) is 24.3 Å². The van der Waals surface area contributed by atoms with Crippen LogP contribution in [0.4, 0.5) is 11.4 Å². The Morgan fingerprint density at radius 2 is 1.79 bits per heavy atom. The van der Waals surface area contributed by atoms with Gasteiger partial charge in [-0.1, -0.05) is 37.3 Å². The van der Waals surface area contributed by atoms with Gasteiger partial charge in [-0.25, -0.2) is 0 Å². The van der Waals surface area contributed by atoms with Crippen LogP contribution < -0.4 is 15.4 Å². The summed E-state index contributed by atoms with van der Waals surface area (Å²) in [6.07, 6.45) is 2.25. The lowest BCUT2D eigenvalue weighted by Crippen LogP contribution is -2.18. The maximum Gasteiger partial charge on any atom is 0.274 e. The maximum absolute atomic E-state index is 12.8. The lowest BCUT2D eigenvalue weighted by molar-refractivity contribution is 0.102. The Hall–Kier alpha value is -3.67. The molecule has 0 fully saturated rings. The molecule has 2 aromatic carbocycles. The van der Waals surface area contributed by atoms with Gasteiger partial charge < -0.3 is 15.4 Å². The fourth-order valence-electron chi connectivity index (χ4n) is 3.02. The number of carbonyl (C=O) groups is 2. The molecule has 29 heavy (non-hydrogen) atoms. The highest BCUT2D eigenvalue weighted by molar-refractivity contribution is 6.08. The number of amides is 2. The number of hydrogen-bond acceptors (Lipinski definition) is 4. The summed E-state index contributed by atoms with van der Waals surface area (Å²) in [5.41, 5.74) is 3.88. The highest BCUT2D eigenvalue weighted by atomic mass is 16.5. The first-order chi connectivity index (χ1) is 14.0. The van der Waals surface area contributed by atoms with Crippen LogP contribution in [0, 0.1) is 6.92 Å². The van der Waals surface area contributed by atoms with Gasteiger partial charge in [-0.05, 0) is 48.7 Å². The number of carbonyl (C=O) groups excluding carboxylic acids is 2. The molecule has 2 N–H and O–H groups in total. The molecule has 0 unspecified atom stereocenters. The molecule has 0 bridgehead atoms. The number of benzene rings is 2. The predicted molar refractivity (Wildman–Crippen MR) is 114 cm³/mol. The fraction of sp³-hybridized carbons (Fsp3) is 0.174. The molecule has 0 aliphatic heterocycles. The molecule has 0 aliphatic rings. The van der Waals surface area contributed by atoms with Crippen molar-refractivity contribution in [3.63, 3.8) is 0 Å². The number of rotatable bonds is 6. The molecule has 3 rings (SSSR count). The van der Waals surface area contributed by atoms with Gasteiger partial charge in [0, 0.05) is 17.4 Å². The third kappa shape index (κ3) is 4.60. The smallest absolute Gasteiger partial charge is 0.274 e. The van der Waals surface area contributed by atoms with Crippen molar-refractivity contribution < 1.29 is 14.3 Å². The molecule has 0 saturated heterocycles. The van der Waals surface area contributed by atoms with E-state index in [-0.39, 0.29) is 11.6 Å². The zero-order chi connectivity index (χ0) is 20.8. The summed E-state index contributed by atoms with van der Waals surface area (Å²) in [5.74, 6) is -0.168. The Bertz CT molecular complexity index is 1050. The van der Waals surface area contributed by atoms with Crippen LogP contribution in [0.1, 0.15) is 38.9 Å². The van der Waals surface area contributed by atoms with Crippen LogP contribution in [0.5, 0.6) is 5.75 Å². The second-order valence-electron chi connectivity index (χ2n) is 6.50. The molecular formula is C23H23N3O3. The van der Waals surface area contributed by atoms with Crippen molar-refractivity contribution in [3.8, 4) is 5.75 Å². The standard InChI is InChI=1S/C23H23N3O3/c1-4-16-9-7-8-15(2)21(16)26-22(27)17-12-13-24-19(14-17)23(28)25-18-10-5-6-11-20(18)29-3/h5-14H,4H2,1-3H3,(H,25,28)(H,26,27). The SMILES string of the molecule is CCc1cccc(C)c1NC(=O)c1ccnc(C(=O)Nc2ccccc2OC)c1. The summed E-state index contributed by atoms with van der Waals surface area (Å²) in [5, 5.41) is 5.72. The monoisotopic (exact) mass is 389 g/mol. The third-order valence-electron chi connectivity index (χ3n) is 4.59. The van der Waals surface area contributed by atoms with Crippen LogP contribution in [-0.2, 0) is 6.42 Å². The molecule has 0 radical (unpaired) electrons. The Labute approximate surface area is 169 Å². The number of aryl methyl sites for hydroxylation is 2. The van der Waals surface area contributed by atoms with Crippen LogP contribution in [0.15, 0.2) is 60.8 Å². The van der Waals surface area contributed by atoms with Gasteiger partial charge in [-0.2, -0.15) is 0 Å². The maximum atomic E-state index is 12.8. The van der Waals surface area contributed by atoms with Crippen molar-refractivity contribution >= 4 is 23.2 Å². The number of nitrogens with one attached hydrogen (secondary N) is 2. The summed E-state index contributed by atoms with van der Waals surface area (Å²) in [6, 6.07) is 16.1. The van der Waals surface area contributed by atoms with Gasteiger partial charge in [0.05, 0.1) is 12.8 Å². The third-order valence-corrected chi connectivity index (χ3v) is 4.59. The minimum Gasteiger partial charge on any atom is -0.495 e. The first kappa shape index (κ1) is 20.1. The van der Waals surface area contributed by atoms with Gasteiger partial charge in [-0.3, -0.25) is 14.6 Å². The normalized spacial score (nSPS) is 10.3. The molecular weight excluding hydrogens is 366 g/mol. The Kier molecular flexibility index (Phi) is 6.24. The average Bonchev–Trinajstić information content (AvgIpc) is 2.75. The zero-order valence-corrected chi connectivity index (χ0v) is 16.7. The van der Waals surface area contributed by atoms with Crippen LogP contribution in [-0.4, -0.2) is 23.9 Å². The molecule has 148 valence electrons. The molecule has 0 saturated carbocycles. The molecule has 6 heteroatoms. The van der Waals surface area contributed by atoms with Gasteiger partial charge >= 0.3 is 0 Å². The second kappa shape index (κ2) is 9.01. The highest BCUT2D eigenvalue weighted by Gasteiger charge is 2.15. The predicted octanol–water partition coefficient (Wildman–Crippen LogP) is 4.47. The number of para-hydroxylation sites is 3. The van der Waals surface area contributed by atoms with Crippen molar-refractivity contribution in [2.45, 2.75) is 20.3 Å².